The van der Waals surface area contributed by atoms with E-state index in [4.69, 9.17) is 4.74 Å². The molecule has 0 fully saturated rings. The molecule has 4 rings (SSSR count). The predicted molar refractivity (Wildman–Crippen MR) is 128 cm³/mol. The molecule has 33 heavy (non-hydrogen) atoms. The van der Waals surface area contributed by atoms with Crippen molar-refractivity contribution < 1.29 is 19.4 Å². The summed E-state index contributed by atoms with van der Waals surface area (Å²) in [4.78, 5) is 27.3. The van der Waals surface area contributed by atoms with Crippen molar-refractivity contribution in [2.24, 2.45) is 0 Å². The summed E-state index contributed by atoms with van der Waals surface area (Å²) in [5.41, 5.74) is 5.33. The number of carboxylic acids is 1. The number of rotatable bonds is 8. The summed E-state index contributed by atoms with van der Waals surface area (Å²) < 4.78 is 5.94. The highest BCUT2D eigenvalue weighted by Crippen LogP contribution is 2.37. The van der Waals surface area contributed by atoms with Gasteiger partial charge in [-0.1, -0.05) is 60.7 Å². The highest BCUT2D eigenvalue weighted by atomic mass is 16.5. The molecule has 0 aliphatic rings. The Morgan fingerprint density at radius 1 is 0.909 bits per heavy atom. The van der Waals surface area contributed by atoms with Crippen LogP contribution in [0.2, 0.25) is 0 Å². The molecule has 1 aromatic heterocycles. The van der Waals surface area contributed by atoms with E-state index in [0.717, 1.165) is 40.2 Å². The van der Waals surface area contributed by atoms with Gasteiger partial charge in [-0.25, -0.2) is 4.79 Å². The van der Waals surface area contributed by atoms with Gasteiger partial charge in [-0.15, -0.1) is 0 Å². The zero-order valence-corrected chi connectivity index (χ0v) is 17.7. The third kappa shape index (κ3) is 5.22. The van der Waals surface area contributed by atoms with Crippen LogP contribution in [-0.4, -0.2) is 22.3 Å². The fraction of sp³-hybridized carbons (Fsp3) is 0.0357. The van der Waals surface area contributed by atoms with Crippen LogP contribution in [0.15, 0.2) is 97.3 Å². The van der Waals surface area contributed by atoms with E-state index in [2.05, 4.69) is 4.98 Å². The maximum absolute atomic E-state index is 11.8. The molecule has 0 aliphatic carbocycles. The zero-order valence-electron chi connectivity index (χ0n) is 17.7. The highest BCUT2D eigenvalue weighted by molar-refractivity contribution is 5.98. The van der Waals surface area contributed by atoms with E-state index in [0.29, 0.717) is 23.5 Å². The van der Waals surface area contributed by atoms with E-state index in [1.807, 2.05) is 66.7 Å². The van der Waals surface area contributed by atoms with Crippen molar-refractivity contribution in [1.82, 2.24) is 4.98 Å². The number of aliphatic carboxylic acids is 1. The van der Waals surface area contributed by atoms with Crippen molar-refractivity contribution in [2.75, 3.05) is 0 Å². The van der Waals surface area contributed by atoms with Crippen molar-refractivity contribution >= 4 is 18.3 Å². The highest BCUT2D eigenvalue weighted by Gasteiger charge is 2.15. The number of carbonyl (C=O) groups is 2. The Hall–Kier alpha value is -4.51. The van der Waals surface area contributed by atoms with Crippen molar-refractivity contribution in [2.45, 2.75) is 6.61 Å². The first kappa shape index (κ1) is 21.7. The Kier molecular flexibility index (Phi) is 6.71. The van der Waals surface area contributed by atoms with Gasteiger partial charge in [0.15, 0.2) is 6.29 Å². The Balaban J connectivity index is 1.80. The Morgan fingerprint density at radius 3 is 2.48 bits per heavy atom. The minimum Gasteiger partial charge on any atom is -0.489 e. The molecule has 5 heteroatoms. The molecule has 1 N–H and O–H groups in total. The van der Waals surface area contributed by atoms with Gasteiger partial charge in [0.25, 0.3) is 0 Å². The summed E-state index contributed by atoms with van der Waals surface area (Å²) in [6.45, 7) is 0.393. The van der Waals surface area contributed by atoms with Crippen LogP contribution in [0.25, 0.3) is 28.3 Å². The standard InChI is InChI=1S/C28H21NO4/c30-18-23-8-4-10-26(28(23)22-9-5-15-29-17-22)25-13-12-24(16-21(25)11-14-27(31)32)33-19-20-6-2-1-3-7-20/h1-18H,19H2,(H,31,32). The smallest absolute Gasteiger partial charge is 0.328 e. The third-order valence-corrected chi connectivity index (χ3v) is 5.14. The molecule has 0 saturated heterocycles. The Bertz CT molecular complexity index is 1300. The van der Waals surface area contributed by atoms with E-state index in [1.54, 1.807) is 24.5 Å². The topological polar surface area (TPSA) is 76.5 Å². The van der Waals surface area contributed by atoms with Crippen LogP contribution in [0.5, 0.6) is 5.75 Å². The molecule has 162 valence electrons. The molecule has 0 saturated carbocycles. The summed E-state index contributed by atoms with van der Waals surface area (Å²) in [5.74, 6) is -0.437. The predicted octanol–water partition coefficient (Wildman–Crippen LogP) is 5.90. The first-order valence-corrected chi connectivity index (χ1v) is 10.4. The number of benzene rings is 3. The van der Waals surface area contributed by atoms with Crippen LogP contribution in [-0.2, 0) is 11.4 Å². The van der Waals surface area contributed by atoms with Gasteiger partial charge in [0, 0.05) is 35.2 Å². The number of carbonyl (C=O) groups excluding carboxylic acids is 1. The molecule has 3 aromatic carbocycles. The minimum absolute atomic E-state index is 0.393. The second-order valence-electron chi connectivity index (χ2n) is 7.32. The molecule has 5 nitrogen and oxygen atoms in total. The third-order valence-electron chi connectivity index (χ3n) is 5.14. The Labute approximate surface area is 191 Å². The fourth-order valence-electron chi connectivity index (χ4n) is 3.64. The van der Waals surface area contributed by atoms with E-state index in [9.17, 15) is 14.7 Å². The number of hydrogen-bond acceptors (Lipinski definition) is 4. The van der Waals surface area contributed by atoms with Crippen molar-refractivity contribution in [3.63, 3.8) is 0 Å². The van der Waals surface area contributed by atoms with Gasteiger partial charge in [0.2, 0.25) is 0 Å². The van der Waals surface area contributed by atoms with Gasteiger partial charge in [-0.3, -0.25) is 9.78 Å². The molecule has 0 bridgehead atoms. The van der Waals surface area contributed by atoms with E-state index in [1.165, 1.54) is 6.08 Å². The lowest BCUT2D eigenvalue weighted by Gasteiger charge is -2.16. The number of hydrogen-bond donors (Lipinski definition) is 1. The maximum atomic E-state index is 11.8. The molecule has 0 amide bonds. The largest absolute Gasteiger partial charge is 0.489 e. The van der Waals surface area contributed by atoms with Crippen LogP contribution in [0.4, 0.5) is 0 Å². The first-order chi connectivity index (χ1) is 16.2. The SMILES string of the molecule is O=Cc1cccc(-c2ccc(OCc3ccccc3)cc2C=CC(=O)O)c1-c1cccnc1. The average molecular weight is 435 g/mol. The van der Waals surface area contributed by atoms with Gasteiger partial charge < -0.3 is 9.84 Å². The van der Waals surface area contributed by atoms with Crippen molar-refractivity contribution in [3.05, 3.63) is 114 Å². The number of pyridine rings is 1. The van der Waals surface area contributed by atoms with Gasteiger partial charge in [-0.05, 0) is 46.5 Å². The van der Waals surface area contributed by atoms with Crippen LogP contribution < -0.4 is 4.74 Å². The summed E-state index contributed by atoms with van der Waals surface area (Å²) >= 11 is 0. The van der Waals surface area contributed by atoms with Gasteiger partial charge >= 0.3 is 5.97 Å². The van der Waals surface area contributed by atoms with Crippen LogP contribution in [0.1, 0.15) is 21.5 Å². The molecule has 0 atom stereocenters. The second-order valence-corrected chi connectivity index (χ2v) is 7.32. The molecule has 0 unspecified atom stereocenters. The second kappa shape index (κ2) is 10.2. The molecule has 1 heterocycles. The molecule has 0 aliphatic heterocycles. The number of carboxylic acid groups (broad SMARTS) is 1. The van der Waals surface area contributed by atoms with E-state index < -0.39 is 5.97 Å². The normalized spacial score (nSPS) is 10.8. The van der Waals surface area contributed by atoms with Crippen LogP contribution >= 0.6 is 0 Å². The monoisotopic (exact) mass is 435 g/mol. The molecule has 4 aromatic rings. The number of aldehydes is 1. The van der Waals surface area contributed by atoms with Crippen LogP contribution in [0.3, 0.4) is 0 Å². The van der Waals surface area contributed by atoms with Crippen LogP contribution in [0, 0.1) is 0 Å². The maximum Gasteiger partial charge on any atom is 0.328 e. The number of ether oxygens (including phenoxy) is 1. The summed E-state index contributed by atoms with van der Waals surface area (Å²) in [7, 11) is 0. The molecular weight excluding hydrogens is 414 g/mol. The van der Waals surface area contributed by atoms with E-state index in [-0.39, 0.29) is 0 Å². The minimum atomic E-state index is -1.05. The van der Waals surface area contributed by atoms with E-state index >= 15 is 0 Å². The van der Waals surface area contributed by atoms with Gasteiger partial charge in [0.1, 0.15) is 12.4 Å². The van der Waals surface area contributed by atoms with Gasteiger partial charge in [0.05, 0.1) is 0 Å². The summed E-state index contributed by atoms with van der Waals surface area (Å²) in [6, 6.07) is 24.5. The lowest BCUT2D eigenvalue weighted by atomic mass is 9.89. The Morgan fingerprint density at radius 2 is 1.76 bits per heavy atom. The number of nitrogens with zero attached hydrogens (tertiary/aromatic N) is 1. The summed E-state index contributed by atoms with van der Waals surface area (Å²) in [6.07, 6.45) is 6.82. The lowest BCUT2D eigenvalue weighted by molar-refractivity contribution is -0.131. The van der Waals surface area contributed by atoms with Crippen molar-refractivity contribution in [3.8, 4) is 28.0 Å². The van der Waals surface area contributed by atoms with Gasteiger partial charge in [-0.2, -0.15) is 0 Å². The zero-order chi connectivity index (χ0) is 23.0. The first-order valence-electron chi connectivity index (χ1n) is 10.4. The van der Waals surface area contributed by atoms with Crippen molar-refractivity contribution in [1.29, 1.82) is 0 Å². The average Bonchev–Trinajstić information content (AvgIpc) is 2.87. The fourth-order valence-corrected chi connectivity index (χ4v) is 3.64. The molecular formula is C28H21NO4. The molecule has 0 radical (unpaired) electrons. The molecule has 0 spiro atoms. The lowest BCUT2D eigenvalue weighted by Crippen LogP contribution is -1.97. The quantitative estimate of drug-likeness (QED) is 0.275. The summed E-state index contributed by atoms with van der Waals surface area (Å²) in [5, 5.41) is 9.20. The number of aromatic nitrogens is 1.